The normalized spacial score (nSPS) is 16.2. The number of aromatic nitrogens is 1. The van der Waals surface area contributed by atoms with Crippen LogP contribution in [0, 0.1) is 11.6 Å². The van der Waals surface area contributed by atoms with Crippen LogP contribution < -0.4 is 5.32 Å². The average Bonchev–Trinajstić information content (AvgIpc) is 3.48. The van der Waals surface area contributed by atoms with E-state index in [9.17, 15) is 18.4 Å². The molecule has 0 saturated carbocycles. The molecule has 0 spiro atoms. The quantitative estimate of drug-likeness (QED) is 0.637. The van der Waals surface area contributed by atoms with Crippen molar-refractivity contribution < 1.29 is 18.4 Å². The summed E-state index contributed by atoms with van der Waals surface area (Å²) < 4.78 is 26.6. The fourth-order valence-electron chi connectivity index (χ4n) is 2.85. The van der Waals surface area contributed by atoms with Gasteiger partial charge in [-0.15, -0.1) is 34.4 Å². The van der Waals surface area contributed by atoms with Crippen molar-refractivity contribution in [2.24, 2.45) is 0 Å². The lowest BCUT2D eigenvalue weighted by molar-refractivity contribution is -0.124. The van der Waals surface area contributed by atoms with E-state index >= 15 is 0 Å². The minimum Gasteiger partial charge on any atom is -0.349 e. The van der Waals surface area contributed by atoms with E-state index in [-0.39, 0.29) is 18.0 Å². The smallest absolute Gasteiger partial charge is 0.255 e. The van der Waals surface area contributed by atoms with Crippen molar-refractivity contribution in [3.05, 3.63) is 64.0 Å². The average molecular weight is 452 g/mol. The zero-order chi connectivity index (χ0) is 20.4. The topological polar surface area (TPSA) is 62.3 Å². The number of amides is 2. The fourth-order valence-corrected chi connectivity index (χ4v) is 5.64. The van der Waals surface area contributed by atoms with Gasteiger partial charge in [0.2, 0.25) is 5.91 Å². The van der Waals surface area contributed by atoms with E-state index in [1.54, 1.807) is 11.3 Å². The van der Waals surface area contributed by atoms with Crippen LogP contribution in [0.15, 0.2) is 41.1 Å². The molecule has 0 radical (unpaired) electrons. The number of thioether (sulfide) groups is 1. The van der Waals surface area contributed by atoms with E-state index in [1.165, 1.54) is 34.1 Å². The molecule has 1 aliphatic heterocycles. The molecule has 0 aliphatic carbocycles. The first kappa shape index (κ1) is 20.0. The van der Waals surface area contributed by atoms with Crippen LogP contribution in [0.2, 0.25) is 0 Å². The van der Waals surface area contributed by atoms with E-state index in [4.69, 9.17) is 0 Å². The van der Waals surface area contributed by atoms with Gasteiger partial charge in [-0.1, -0.05) is 6.07 Å². The predicted molar refractivity (Wildman–Crippen MR) is 111 cm³/mol. The molecular weight excluding hydrogens is 436 g/mol. The maximum atomic E-state index is 13.5. The first-order chi connectivity index (χ1) is 14.0. The molecule has 1 N–H and O–H groups in total. The number of nitrogens with one attached hydrogen (secondary N) is 1. The Kier molecular flexibility index (Phi) is 5.93. The van der Waals surface area contributed by atoms with Crippen molar-refractivity contribution >= 4 is 46.2 Å². The molecule has 1 aliphatic rings. The van der Waals surface area contributed by atoms with Crippen LogP contribution in [-0.2, 0) is 11.3 Å². The summed E-state index contributed by atoms with van der Waals surface area (Å²) in [7, 11) is 0. The monoisotopic (exact) mass is 451 g/mol. The molecule has 1 aromatic carbocycles. The summed E-state index contributed by atoms with van der Waals surface area (Å²) in [4.78, 5) is 32.3. The van der Waals surface area contributed by atoms with Gasteiger partial charge in [-0.3, -0.25) is 9.59 Å². The summed E-state index contributed by atoms with van der Waals surface area (Å²) >= 11 is 4.55. The van der Waals surface area contributed by atoms with Crippen LogP contribution >= 0.6 is 34.4 Å². The minimum atomic E-state index is -1.09. The molecule has 3 aromatic rings. The molecule has 150 valence electrons. The first-order valence-corrected chi connectivity index (χ1v) is 11.5. The van der Waals surface area contributed by atoms with Crippen molar-refractivity contribution in [3.8, 4) is 9.88 Å². The lowest BCUT2D eigenvalue weighted by Gasteiger charge is -2.23. The van der Waals surface area contributed by atoms with Gasteiger partial charge in [0.15, 0.2) is 11.6 Å². The van der Waals surface area contributed by atoms with E-state index in [2.05, 4.69) is 10.3 Å². The molecule has 4 rings (SSSR count). The van der Waals surface area contributed by atoms with Crippen LogP contribution in [-0.4, -0.2) is 39.4 Å². The molecule has 3 heterocycles. The molecule has 1 unspecified atom stereocenters. The summed E-state index contributed by atoms with van der Waals surface area (Å²) in [6.07, 6.45) is 0. The Labute approximate surface area is 177 Å². The van der Waals surface area contributed by atoms with Crippen molar-refractivity contribution in [2.75, 3.05) is 11.6 Å². The van der Waals surface area contributed by atoms with Gasteiger partial charge in [-0.25, -0.2) is 13.8 Å². The van der Waals surface area contributed by atoms with E-state index in [0.29, 0.717) is 11.6 Å². The minimum absolute atomic E-state index is 0.0179. The Morgan fingerprint density at radius 1 is 1.21 bits per heavy atom. The number of carbonyl (C=O) groups is 2. The summed E-state index contributed by atoms with van der Waals surface area (Å²) in [5.41, 5.74) is 0.764. The molecule has 2 amide bonds. The molecule has 1 saturated heterocycles. The van der Waals surface area contributed by atoms with Crippen LogP contribution in [0.5, 0.6) is 0 Å². The van der Waals surface area contributed by atoms with E-state index in [1.807, 2.05) is 22.9 Å². The van der Waals surface area contributed by atoms with Gasteiger partial charge in [0, 0.05) is 16.7 Å². The Morgan fingerprint density at radius 3 is 2.83 bits per heavy atom. The molecule has 2 aromatic heterocycles. The van der Waals surface area contributed by atoms with Gasteiger partial charge in [0.1, 0.15) is 11.0 Å². The van der Waals surface area contributed by atoms with Crippen molar-refractivity contribution in [1.82, 2.24) is 15.2 Å². The molecule has 1 atom stereocenters. The highest BCUT2D eigenvalue weighted by atomic mass is 32.2. The van der Waals surface area contributed by atoms with Gasteiger partial charge >= 0.3 is 0 Å². The van der Waals surface area contributed by atoms with Gasteiger partial charge in [0.05, 0.1) is 23.0 Å². The number of thiophene rings is 1. The molecule has 5 nitrogen and oxygen atoms in total. The van der Waals surface area contributed by atoms with Crippen molar-refractivity contribution in [3.63, 3.8) is 0 Å². The van der Waals surface area contributed by atoms with Crippen LogP contribution in [0.25, 0.3) is 9.88 Å². The lowest BCUT2D eigenvalue weighted by atomic mass is 10.1. The van der Waals surface area contributed by atoms with Gasteiger partial charge in [0.25, 0.3) is 5.91 Å². The second-order valence-corrected chi connectivity index (χ2v) is 9.06. The van der Waals surface area contributed by atoms with Gasteiger partial charge < -0.3 is 10.2 Å². The standard InChI is InChI=1S/C19H15F2N3O2S3/c20-13-4-3-11(6-14(13)21)19(26)24-10-27-9-15(24)17(25)22-7-12-8-29-18(23-12)16-2-1-5-28-16/h1-6,8,15H,7,9-10H2,(H,22,25). The second kappa shape index (κ2) is 8.60. The third-order valence-electron chi connectivity index (χ3n) is 4.34. The molecular formula is C19H15F2N3O2S3. The Bertz CT molecular complexity index is 1040. The highest BCUT2D eigenvalue weighted by Crippen LogP contribution is 2.28. The zero-order valence-electron chi connectivity index (χ0n) is 14.9. The molecule has 10 heteroatoms. The lowest BCUT2D eigenvalue weighted by Crippen LogP contribution is -2.47. The number of nitrogens with zero attached hydrogens (tertiary/aromatic N) is 2. The van der Waals surface area contributed by atoms with Gasteiger partial charge in [-0.05, 0) is 29.6 Å². The number of rotatable bonds is 5. The number of thiazole rings is 1. The van der Waals surface area contributed by atoms with Crippen LogP contribution in [0.3, 0.4) is 0 Å². The number of benzene rings is 1. The Hall–Kier alpha value is -2.30. The maximum Gasteiger partial charge on any atom is 0.255 e. The summed E-state index contributed by atoms with van der Waals surface area (Å²) in [5, 5.41) is 7.60. The fraction of sp³-hybridized carbons (Fsp3) is 0.211. The SMILES string of the molecule is O=C(NCc1csc(-c2cccs2)n1)C1CSCN1C(=O)c1ccc(F)c(F)c1. The highest BCUT2D eigenvalue weighted by Gasteiger charge is 2.35. The Morgan fingerprint density at radius 2 is 2.07 bits per heavy atom. The number of carbonyl (C=O) groups excluding carboxylic acids is 2. The maximum absolute atomic E-state index is 13.5. The highest BCUT2D eigenvalue weighted by molar-refractivity contribution is 7.99. The van der Waals surface area contributed by atoms with Crippen LogP contribution in [0.4, 0.5) is 8.78 Å². The summed E-state index contributed by atoms with van der Waals surface area (Å²) in [5.74, 6) is -2.14. The number of hydrogen-bond donors (Lipinski definition) is 1. The first-order valence-electron chi connectivity index (χ1n) is 8.62. The number of hydrogen-bond acceptors (Lipinski definition) is 6. The third kappa shape index (κ3) is 4.34. The largest absolute Gasteiger partial charge is 0.349 e. The predicted octanol–water partition coefficient (Wildman–Crippen LogP) is 3.98. The van der Waals surface area contributed by atoms with Crippen molar-refractivity contribution in [1.29, 1.82) is 0 Å². The van der Waals surface area contributed by atoms with E-state index < -0.39 is 23.6 Å². The van der Waals surface area contributed by atoms with Gasteiger partial charge in [-0.2, -0.15) is 0 Å². The van der Waals surface area contributed by atoms with E-state index in [0.717, 1.165) is 27.7 Å². The molecule has 1 fully saturated rings. The molecule has 0 bridgehead atoms. The zero-order valence-corrected chi connectivity index (χ0v) is 17.4. The summed E-state index contributed by atoms with van der Waals surface area (Å²) in [6, 6.07) is 6.27. The van der Waals surface area contributed by atoms with Crippen LogP contribution in [0.1, 0.15) is 16.1 Å². The van der Waals surface area contributed by atoms with Crippen molar-refractivity contribution in [2.45, 2.75) is 12.6 Å². The second-order valence-electron chi connectivity index (χ2n) is 6.26. The summed E-state index contributed by atoms with van der Waals surface area (Å²) in [6.45, 7) is 0.259. The molecule has 29 heavy (non-hydrogen) atoms. The Balaban J connectivity index is 1.40. The third-order valence-corrected chi connectivity index (χ3v) is 7.28. The number of halogens is 2.